The summed E-state index contributed by atoms with van der Waals surface area (Å²) in [6, 6.07) is 12.4. The van der Waals surface area contributed by atoms with Gasteiger partial charge in [-0.3, -0.25) is 9.59 Å². The molecule has 1 aromatic heterocycles. The van der Waals surface area contributed by atoms with Gasteiger partial charge in [-0.05, 0) is 57.0 Å². The lowest BCUT2D eigenvalue weighted by atomic mass is 10.1. The zero-order chi connectivity index (χ0) is 24.2. The van der Waals surface area contributed by atoms with Crippen molar-refractivity contribution in [1.82, 2.24) is 19.7 Å². The smallest absolute Gasteiger partial charge is 0.254 e. The maximum Gasteiger partial charge on any atom is 0.254 e. The molecule has 0 spiro atoms. The summed E-state index contributed by atoms with van der Waals surface area (Å²) in [6.07, 6.45) is 1.73. The standard InChI is InChI=1S/C24H25Cl2N5O2S/c1-3-30-22(20-8-5-11-31(20)23(33)16-7-4-6-15(2)12-16)28-29-24(30)34-14-21(32)27-19-13-17(25)9-10-18(19)26/h4,6-7,9-10,12-13,20H,3,5,8,11,14H2,1-2H3,(H,27,32). The van der Waals surface area contributed by atoms with Crippen molar-refractivity contribution in [3.63, 3.8) is 0 Å². The van der Waals surface area contributed by atoms with Gasteiger partial charge in [-0.2, -0.15) is 0 Å². The summed E-state index contributed by atoms with van der Waals surface area (Å²) in [5, 5.41) is 13.1. The van der Waals surface area contributed by atoms with Gasteiger partial charge in [-0.1, -0.05) is 52.7 Å². The molecule has 3 aromatic rings. The third-order valence-corrected chi connectivity index (χ3v) is 7.20. The molecule has 0 aliphatic carbocycles. The number of hydrogen-bond donors (Lipinski definition) is 1. The Morgan fingerprint density at radius 3 is 2.76 bits per heavy atom. The van der Waals surface area contributed by atoms with Gasteiger partial charge in [0.05, 0.1) is 22.5 Å². The number of anilines is 1. The maximum absolute atomic E-state index is 13.2. The number of nitrogens with zero attached hydrogens (tertiary/aromatic N) is 4. The predicted molar refractivity (Wildman–Crippen MR) is 136 cm³/mol. The molecule has 2 amide bonds. The van der Waals surface area contributed by atoms with Crippen molar-refractivity contribution in [3.8, 4) is 0 Å². The Bertz CT molecular complexity index is 1220. The van der Waals surface area contributed by atoms with Gasteiger partial charge in [0.15, 0.2) is 11.0 Å². The number of thioether (sulfide) groups is 1. The predicted octanol–water partition coefficient (Wildman–Crippen LogP) is 5.62. The fourth-order valence-electron chi connectivity index (χ4n) is 4.08. The summed E-state index contributed by atoms with van der Waals surface area (Å²) in [7, 11) is 0. The molecule has 0 bridgehead atoms. The van der Waals surface area contributed by atoms with Crippen molar-refractivity contribution in [2.24, 2.45) is 0 Å². The highest BCUT2D eigenvalue weighted by Crippen LogP contribution is 2.34. The van der Waals surface area contributed by atoms with Crippen LogP contribution >= 0.6 is 35.0 Å². The molecule has 1 unspecified atom stereocenters. The number of carbonyl (C=O) groups is 2. The second-order valence-electron chi connectivity index (χ2n) is 8.07. The third kappa shape index (κ3) is 5.40. The highest BCUT2D eigenvalue weighted by molar-refractivity contribution is 7.99. The molecule has 0 radical (unpaired) electrons. The molecule has 1 aliphatic rings. The summed E-state index contributed by atoms with van der Waals surface area (Å²) < 4.78 is 1.98. The van der Waals surface area contributed by atoms with Crippen LogP contribution in [0.5, 0.6) is 0 Å². The number of likely N-dealkylation sites (tertiary alicyclic amines) is 1. The van der Waals surface area contributed by atoms with Crippen LogP contribution in [0.15, 0.2) is 47.6 Å². The van der Waals surface area contributed by atoms with Gasteiger partial charge in [0.1, 0.15) is 0 Å². The molecule has 2 aromatic carbocycles. The molecule has 7 nitrogen and oxygen atoms in total. The van der Waals surface area contributed by atoms with Crippen molar-refractivity contribution in [2.75, 3.05) is 17.6 Å². The van der Waals surface area contributed by atoms with Crippen LogP contribution in [0.3, 0.4) is 0 Å². The summed E-state index contributed by atoms with van der Waals surface area (Å²) in [4.78, 5) is 27.6. The van der Waals surface area contributed by atoms with Crippen molar-refractivity contribution in [3.05, 3.63) is 69.5 Å². The normalized spacial score (nSPS) is 15.5. The molecule has 1 atom stereocenters. The molecule has 1 N–H and O–H groups in total. The fraction of sp³-hybridized carbons (Fsp3) is 0.333. The number of aryl methyl sites for hydroxylation is 1. The highest BCUT2D eigenvalue weighted by Gasteiger charge is 2.34. The topological polar surface area (TPSA) is 80.1 Å². The molecule has 1 fully saturated rings. The van der Waals surface area contributed by atoms with Crippen LogP contribution in [-0.2, 0) is 11.3 Å². The number of nitrogens with one attached hydrogen (secondary N) is 1. The molecule has 178 valence electrons. The second-order valence-corrected chi connectivity index (χ2v) is 9.86. The lowest BCUT2D eigenvalue weighted by Gasteiger charge is -2.24. The van der Waals surface area contributed by atoms with Gasteiger partial charge in [-0.25, -0.2) is 0 Å². The van der Waals surface area contributed by atoms with Crippen LogP contribution in [0.1, 0.15) is 47.6 Å². The Labute approximate surface area is 212 Å². The van der Waals surface area contributed by atoms with Gasteiger partial charge >= 0.3 is 0 Å². The summed E-state index contributed by atoms with van der Waals surface area (Å²) in [5.74, 6) is 0.668. The molecule has 10 heteroatoms. The average Bonchev–Trinajstić information content (AvgIpc) is 3.46. The fourth-order valence-corrected chi connectivity index (χ4v) is 5.23. The quantitative estimate of drug-likeness (QED) is 0.411. The van der Waals surface area contributed by atoms with Crippen molar-refractivity contribution >= 4 is 52.5 Å². The first-order valence-corrected chi connectivity index (χ1v) is 12.8. The molecular weight excluding hydrogens is 493 g/mol. The average molecular weight is 518 g/mol. The zero-order valence-corrected chi connectivity index (χ0v) is 21.3. The van der Waals surface area contributed by atoms with E-state index in [1.54, 1.807) is 18.2 Å². The number of hydrogen-bond acceptors (Lipinski definition) is 5. The number of halogens is 2. The highest BCUT2D eigenvalue weighted by atomic mass is 35.5. The summed E-state index contributed by atoms with van der Waals surface area (Å²) in [5.41, 5.74) is 2.20. The molecule has 4 rings (SSSR count). The largest absolute Gasteiger partial charge is 0.328 e. The van der Waals surface area contributed by atoms with Crippen LogP contribution in [-0.4, -0.2) is 43.8 Å². The van der Waals surface area contributed by atoms with Crippen LogP contribution in [0.2, 0.25) is 10.0 Å². The van der Waals surface area contributed by atoms with Crippen LogP contribution < -0.4 is 5.32 Å². The van der Waals surface area contributed by atoms with E-state index in [9.17, 15) is 9.59 Å². The molecular formula is C24H25Cl2N5O2S. The Morgan fingerprint density at radius 1 is 1.18 bits per heavy atom. The molecule has 1 saturated heterocycles. The van der Waals surface area contributed by atoms with E-state index in [2.05, 4.69) is 15.5 Å². The van der Waals surface area contributed by atoms with E-state index in [0.717, 1.165) is 24.2 Å². The maximum atomic E-state index is 13.2. The van der Waals surface area contributed by atoms with Gasteiger partial charge in [-0.15, -0.1) is 10.2 Å². The first-order chi connectivity index (χ1) is 16.4. The number of aromatic nitrogens is 3. The van der Waals surface area contributed by atoms with E-state index in [0.29, 0.717) is 39.5 Å². The van der Waals surface area contributed by atoms with Crippen molar-refractivity contribution < 1.29 is 9.59 Å². The lowest BCUT2D eigenvalue weighted by Crippen LogP contribution is -2.32. The van der Waals surface area contributed by atoms with E-state index in [1.807, 2.05) is 47.6 Å². The Balaban J connectivity index is 1.47. The van der Waals surface area contributed by atoms with Gasteiger partial charge in [0.25, 0.3) is 5.91 Å². The van der Waals surface area contributed by atoms with E-state index < -0.39 is 0 Å². The van der Waals surface area contributed by atoms with Gasteiger partial charge in [0.2, 0.25) is 5.91 Å². The first-order valence-electron chi connectivity index (χ1n) is 11.1. The van der Waals surface area contributed by atoms with E-state index >= 15 is 0 Å². The zero-order valence-electron chi connectivity index (χ0n) is 18.9. The second kappa shape index (κ2) is 10.8. The summed E-state index contributed by atoms with van der Waals surface area (Å²) >= 11 is 13.4. The molecule has 2 heterocycles. The SMILES string of the molecule is CCn1c(SCC(=O)Nc2cc(Cl)ccc2Cl)nnc1C1CCCN1C(=O)c1cccc(C)c1. The minimum Gasteiger partial charge on any atom is -0.328 e. The molecule has 1 aliphatic heterocycles. The van der Waals surface area contributed by atoms with Crippen LogP contribution in [0, 0.1) is 6.92 Å². The monoisotopic (exact) mass is 517 g/mol. The summed E-state index contributed by atoms with van der Waals surface area (Å²) in [6.45, 7) is 5.30. The Hall–Kier alpha value is -2.55. The number of carbonyl (C=O) groups excluding carboxylic acids is 2. The molecule has 0 saturated carbocycles. The van der Waals surface area contributed by atoms with Gasteiger partial charge in [0, 0.05) is 23.7 Å². The number of amides is 2. The van der Waals surface area contributed by atoms with Crippen LogP contribution in [0.4, 0.5) is 5.69 Å². The van der Waals surface area contributed by atoms with E-state index in [1.165, 1.54) is 11.8 Å². The van der Waals surface area contributed by atoms with Crippen molar-refractivity contribution in [2.45, 2.75) is 44.4 Å². The Kier molecular flexibility index (Phi) is 7.80. The third-order valence-electron chi connectivity index (χ3n) is 5.67. The number of benzene rings is 2. The number of rotatable bonds is 7. The minimum absolute atomic E-state index is 0.00355. The van der Waals surface area contributed by atoms with Crippen molar-refractivity contribution in [1.29, 1.82) is 0 Å². The van der Waals surface area contributed by atoms with Crippen LogP contribution in [0.25, 0.3) is 0 Å². The Morgan fingerprint density at radius 2 is 2.00 bits per heavy atom. The van der Waals surface area contributed by atoms with Gasteiger partial charge < -0.3 is 14.8 Å². The van der Waals surface area contributed by atoms with E-state index in [-0.39, 0.29) is 23.6 Å². The lowest BCUT2D eigenvalue weighted by molar-refractivity contribution is -0.113. The first kappa shape index (κ1) is 24.6. The minimum atomic E-state index is -0.224. The molecule has 34 heavy (non-hydrogen) atoms. The van der Waals surface area contributed by atoms with E-state index in [4.69, 9.17) is 23.2 Å².